The summed E-state index contributed by atoms with van der Waals surface area (Å²) in [7, 11) is 0. The lowest BCUT2D eigenvalue weighted by Crippen LogP contribution is -2.48. The van der Waals surface area contributed by atoms with Crippen LogP contribution in [0.25, 0.3) is 11.2 Å². The molecule has 3 aliphatic heterocycles. The smallest absolute Gasteiger partial charge is 0.167 e. The van der Waals surface area contributed by atoms with Crippen molar-refractivity contribution >= 4 is 17.0 Å². The zero-order valence-electron chi connectivity index (χ0n) is 14.4. The van der Waals surface area contributed by atoms with E-state index in [0.717, 1.165) is 38.1 Å². The van der Waals surface area contributed by atoms with Crippen LogP contribution >= 0.6 is 0 Å². The molecule has 8 nitrogen and oxygen atoms in total. The lowest BCUT2D eigenvalue weighted by atomic mass is 9.95. The monoisotopic (exact) mass is 343 g/mol. The van der Waals surface area contributed by atoms with Crippen molar-refractivity contribution in [3.05, 3.63) is 12.7 Å². The molecule has 0 saturated carbocycles. The molecule has 25 heavy (non-hydrogen) atoms. The van der Waals surface area contributed by atoms with E-state index < -0.39 is 0 Å². The summed E-state index contributed by atoms with van der Waals surface area (Å²) in [6.07, 6.45) is 9.49. The number of anilines is 1. The molecule has 1 spiro atoms. The summed E-state index contributed by atoms with van der Waals surface area (Å²) >= 11 is 0. The molecule has 5 heterocycles. The van der Waals surface area contributed by atoms with Gasteiger partial charge in [0.05, 0.1) is 12.4 Å². The summed E-state index contributed by atoms with van der Waals surface area (Å²) in [5, 5.41) is 3.55. The first-order valence-corrected chi connectivity index (χ1v) is 9.29. The summed E-state index contributed by atoms with van der Waals surface area (Å²) in [6.45, 7) is 4.50. The van der Waals surface area contributed by atoms with Gasteiger partial charge in [0.2, 0.25) is 0 Å². The van der Waals surface area contributed by atoms with E-state index in [1.165, 1.54) is 32.1 Å². The number of likely N-dealkylation sites (tertiary alicyclic amines) is 1. The fourth-order valence-electron chi connectivity index (χ4n) is 4.85. The Kier molecular flexibility index (Phi) is 3.65. The number of fused-ring (bicyclic) bond motifs is 1. The second-order valence-corrected chi connectivity index (χ2v) is 7.57. The van der Waals surface area contributed by atoms with Crippen molar-refractivity contribution in [3.8, 4) is 0 Å². The Labute approximate surface area is 146 Å². The van der Waals surface area contributed by atoms with Crippen LogP contribution in [0.4, 0.5) is 5.82 Å². The maximum Gasteiger partial charge on any atom is 0.167 e. The van der Waals surface area contributed by atoms with Crippen LogP contribution in [0, 0.1) is 0 Å². The summed E-state index contributed by atoms with van der Waals surface area (Å²) < 4.78 is 8.38. The van der Waals surface area contributed by atoms with E-state index in [9.17, 15) is 0 Å². The standard InChI is InChI=1S/C17H25N7O/c18-15-14-16(21-10-20-15)24(11-22-14)13-3-2-12(25-13)8-23-7-1-4-17(23)5-6-19-9-17/h10-13,19H,1-9H2,(H2,18,20,21)/t12-,13+,17?/m0/s1. The maximum atomic E-state index is 6.38. The molecule has 3 saturated heterocycles. The minimum absolute atomic E-state index is 0.00967. The number of hydrogen-bond acceptors (Lipinski definition) is 7. The number of imidazole rings is 1. The fraction of sp³-hybridized carbons (Fsp3) is 0.706. The molecule has 2 aromatic heterocycles. The van der Waals surface area contributed by atoms with Crippen LogP contribution in [0.2, 0.25) is 0 Å². The molecule has 8 heteroatoms. The van der Waals surface area contributed by atoms with Crippen LogP contribution in [-0.2, 0) is 4.74 Å². The molecule has 0 bridgehead atoms. The van der Waals surface area contributed by atoms with Crippen LogP contribution in [0.1, 0.15) is 38.3 Å². The highest BCUT2D eigenvalue weighted by atomic mass is 16.5. The van der Waals surface area contributed by atoms with Gasteiger partial charge in [-0.25, -0.2) is 15.0 Å². The van der Waals surface area contributed by atoms with Gasteiger partial charge < -0.3 is 15.8 Å². The molecule has 3 fully saturated rings. The molecular weight excluding hydrogens is 318 g/mol. The van der Waals surface area contributed by atoms with Gasteiger partial charge in [-0.05, 0) is 45.2 Å². The van der Waals surface area contributed by atoms with E-state index >= 15 is 0 Å². The van der Waals surface area contributed by atoms with Crippen LogP contribution in [0.3, 0.4) is 0 Å². The van der Waals surface area contributed by atoms with E-state index in [1.54, 1.807) is 6.33 Å². The van der Waals surface area contributed by atoms with Crippen LogP contribution in [0.5, 0.6) is 0 Å². The zero-order valence-corrected chi connectivity index (χ0v) is 14.4. The molecule has 0 aliphatic carbocycles. The predicted octanol–water partition coefficient (Wildman–Crippen LogP) is 0.914. The van der Waals surface area contributed by atoms with Crippen LogP contribution in [0.15, 0.2) is 12.7 Å². The van der Waals surface area contributed by atoms with E-state index in [0.29, 0.717) is 16.9 Å². The van der Waals surface area contributed by atoms with Crippen molar-refractivity contribution < 1.29 is 4.74 Å². The highest BCUT2D eigenvalue weighted by Gasteiger charge is 2.44. The lowest BCUT2D eigenvalue weighted by molar-refractivity contribution is -0.0216. The van der Waals surface area contributed by atoms with Gasteiger partial charge in [-0.1, -0.05) is 0 Å². The van der Waals surface area contributed by atoms with Gasteiger partial charge in [-0.3, -0.25) is 9.47 Å². The maximum absolute atomic E-state index is 6.38. The second-order valence-electron chi connectivity index (χ2n) is 7.57. The summed E-state index contributed by atoms with van der Waals surface area (Å²) in [6, 6.07) is 0. The Morgan fingerprint density at radius 1 is 1.28 bits per heavy atom. The zero-order chi connectivity index (χ0) is 16.9. The van der Waals surface area contributed by atoms with E-state index in [2.05, 4.69) is 25.2 Å². The van der Waals surface area contributed by atoms with E-state index in [-0.39, 0.29) is 12.3 Å². The highest BCUT2D eigenvalue weighted by molar-refractivity contribution is 5.81. The Morgan fingerprint density at radius 3 is 3.12 bits per heavy atom. The first kappa shape index (κ1) is 15.5. The molecule has 1 unspecified atom stereocenters. The van der Waals surface area contributed by atoms with Crippen molar-refractivity contribution in [2.45, 2.75) is 50.0 Å². The Bertz CT molecular complexity index is 764. The molecular formula is C17H25N7O. The van der Waals surface area contributed by atoms with Gasteiger partial charge in [0.1, 0.15) is 18.1 Å². The Morgan fingerprint density at radius 2 is 2.24 bits per heavy atom. The second kappa shape index (κ2) is 5.89. The number of nitrogens with one attached hydrogen (secondary N) is 1. The number of aromatic nitrogens is 4. The summed E-state index contributed by atoms with van der Waals surface area (Å²) in [4.78, 5) is 15.4. The van der Waals surface area contributed by atoms with Crippen molar-refractivity contribution in [1.82, 2.24) is 29.7 Å². The number of nitrogen functional groups attached to an aromatic ring is 1. The van der Waals surface area contributed by atoms with Crippen molar-refractivity contribution in [2.24, 2.45) is 0 Å². The molecule has 5 rings (SSSR count). The van der Waals surface area contributed by atoms with Crippen molar-refractivity contribution in [1.29, 1.82) is 0 Å². The molecule has 0 aromatic carbocycles. The van der Waals surface area contributed by atoms with Gasteiger partial charge in [-0.2, -0.15) is 0 Å². The average Bonchev–Trinajstić information content (AvgIpc) is 3.38. The van der Waals surface area contributed by atoms with Crippen LogP contribution in [-0.4, -0.2) is 62.2 Å². The van der Waals surface area contributed by atoms with Gasteiger partial charge in [-0.15, -0.1) is 0 Å². The third-order valence-corrected chi connectivity index (χ3v) is 6.17. The SMILES string of the molecule is Nc1ncnc2c1ncn2[C@H]1CC[C@@H](CN2CCCC23CCNC3)O1. The topological polar surface area (TPSA) is 94.1 Å². The summed E-state index contributed by atoms with van der Waals surface area (Å²) in [5.74, 6) is 0.422. The lowest BCUT2D eigenvalue weighted by Gasteiger charge is -2.36. The quantitative estimate of drug-likeness (QED) is 0.855. The van der Waals surface area contributed by atoms with E-state index in [4.69, 9.17) is 10.5 Å². The third-order valence-electron chi connectivity index (χ3n) is 6.17. The van der Waals surface area contributed by atoms with Crippen molar-refractivity contribution in [3.63, 3.8) is 0 Å². The van der Waals surface area contributed by atoms with Crippen LogP contribution < -0.4 is 11.1 Å². The van der Waals surface area contributed by atoms with Gasteiger partial charge in [0, 0.05) is 18.6 Å². The van der Waals surface area contributed by atoms with E-state index in [1.807, 2.05) is 4.57 Å². The largest absolute Gasteiger partial charge is 0.382 e. The van der Waals surface area contributed by atoms with Crippen molar-refractivity contribution in [2.75, 3.05) is 31.9 Å². The summed E-state index contributed by atoms with van der Waals surface area (Å²) in [5.41, 5.74) is 7.69. The number of hydrogen-bond donors (Lipinski definition) is 2. The molecule has 134 valence electrons. The minimum atomic E-state index is -0.00967. The molecule has 2 aromatic rings. The first-order chi connectivity index (χ1) is 12.3. The minimum Gasteiger partial charge on any atom is -0.382 e. The number of nitrogens with zero attached hydrogens (tertiary/aromatic N) is 5. The first-order valence-electron chi connectivity index (χ1n) is 9.29. The van der Waals surface area contributed by atoms with Gasteiger partial charge in [0.15, 0.2) is 11.5 Å². The molecule has 3 atom stereocenters. The van der Waals surface area contributed by atoms with Gasteiger partial charge in [0.25, 0.3) is 0 Å². The molecule has 0 radical (unpaired) electrons. The molecule has 0 amide bonds. The molecule has 3 aliphatic rings. The fourth-order valence-corrected chi connectivity index (χ4v) is 4.85. The van der Waals surface area contributed by atoms with Gasteiger partial charge >= 0.3 is 0 Å². The third kappa shape index (κ3) is 2.51. The highest BCUT2D eigenvalue weighted by Crippen LogP contribution is 2.37. The Hall–Kier alpha value is -1.77. The number of rotatable bonds is 3. The molecule has 3 N–H and O–H groups in total. The predicted molar refractivity (Wildman–Crippen MR) is 93.9 cm³/mol. The number of ether oxygens (including phenoxy) is 1. The number of nitrogens with two attached hydrogens (primary N) is 1. The normalized spacial score (nSPS) is 33.1. The average molecular weight is 343 g/mol. The Balaban J connectivity index is 1.30.